The number of amides is 2. The molecular weight excluding hydrogens is 304 g/mol. The lowest BCUT2D eigenvalue weighted by molar-refractivity contribution is -0.139. The van der Waals surface area contributed by atoms with Crippen LogP contribution >= 0.6 is 0 Å². The maximum Gasteiger partial charge on any atom is 0.309 e. The van der Waals surface area contributed by atoms with Gasteiger partial charge in [-0.05, 0) is 31.1 Å². The Hall–Kier alpha value is -2.34. The van der Waals surface area contributed by atoms with Gasteiger partial charge in [-0.3, -0.25) is 9.59 Å². The van der Waals surface area contributed by atoms with Crippen LogP contribution in [0.3, 0.4) is 0 Å². The average molecular weight is 330 g/mol. The van der Waals surface area contributed by atoms with E-state index in [0.717, 1.165) is 36.1 Å². The Morgan fingerprint density at radius 2 is 1.71 bits per heavy atom. The quantitative estimate of drug-likeness (QED) is 0.638. The number of aromatic amines is 1. The van der Waals surface area contributed by atoms with Gasteiger partial charge in [-0.25, -0.2) is 0 Å². The molecule has 0 unspecified atom stereocenters. The Balaban J connectivity index is 1.71. The summed E-state index contributed by atoms with van der Waals surface area (Å²) in [6, 6.07) is 8.03. The standard InChI is InChI=1S/C18H26N4O2/c1-3-22(4-2)12-11-20-18(24)17(23)19-10-9-14-13-21-16-8-6-5-7-15(14)16/h5-8,13,21H,3-4,9-12H2,1-2H3,(H,19,23)(H,20,24). The molecule has 0 aliphatic carbocycles. The van der Waals surface area contributed by atoms with Gasteiger partial charge in [-0.2, -0.15) is 0 Å². The SMILES string of the molecule is CCN(CC)CCNC(=O)C(=O)NCCc1c[nH]c2ccccc12. The van der Waals surface area contributed by atoms with Crippen LogP contribution in [0.4, 0.5) is 0 Å². The smallest absolute Gasteiger partial charge is 0.309 e. The van der Waals surface area contributed by atoms with Crippen LogP contribution in [-0.2, 0) is 16.0 Å². The van der Waals surface area contributed by atoms with Gasteiger partial charge in [0.25, 0.3) is 0 Å². The van der Waals surface area contributed by atoms with Crippen molar-refractivity contribution in [2.45, 2.75) is 20.3 Å². The number of benzene rings is 1. The normalized spacial score (nSPS) is 11.0. The summed E-state index contributed by atoms with van der Waals surface area (Å²) in [5.74, 6) is -1.14. The number of carbonyl (C=O) groups is 2. The summed E-state index contributed by atoms with van der Waals surface area (Å²) in [6.07, 6.45) is 2.63. The van der Waals surface area contributed by atoms with E-state index in [-0.39, 0.29) is 0 Å². The first kappa shape index (κ1) is 18.0. The molecule has 2 aromatic rings. The Morgan fingerprint density at radius 3 is 2.42 bits per heavy atom. The largest absolute Gasteiger partial charge is 0.361 e. The van der Waals surface area contributed by atoms with Crippen molar-refractivity contribution >= 4 is 22.7 Å². The average Bonchev–Trinajstić information content (AvgIpc) is 3.02. The van der Waals surface area contributed by atoms with Gasteiger partial charge in [0, 0.05) is 36.7 Å². The van der Waals surface area contributed by atoms with Gasteiger partial charge >= 0.3 is 11.8 Å². The van der Waals surface area contributed by atoms with Crippen molar-refractivity contribution in [1.82, 2.24) is 20.5 Å². The lowest BCUT2D eigenvalue weighted by Gasteiger charge is -2.17. The monoisotopic (exact) mass is 330 g/mol. The summed E-state index contributed by atoms with van der Waals surface area (Å²) in [6.45, 7) is 7.68. The number of nitrogens with one attached hydrogen (secondary N) is 3. The van der Waals surface area contributed by atoms with E-state index in [1.807, 2.05) is 30.5 Å². The third-order valence-corrected chi connectivity index (χ3v) is 4.17. The minimum atomic E-state index is -0.575. The summed E-state index contributed by atoms with van der Waals surface area (Å²) in [4.78, 5) is 29.0. The van der Waals surface area contributed by atoms with E-state index in [4.69, 9.17) is 0 Å². The molecule has 1 heterocycles. The molecule has 0 radical (unpaired) electrons. The molecule has 1 aromatic carbocycles. The summed E-state index contributed by atoms with van der Waals surface area (Å²) >= 11 is 0. The summed E-state index contributed by atoms with van der Waals surface area (Å²) in [7, 11) is 0. The molecule has 0 saturated carbocycles. The van der Waals surface area contributed by atoms with Crippen molar-refractivity contribution in [2.75, 3.05) is 32.7 Å². The second-order valence-electron chi connectivity index (χ2n) is 5.65. The van der Waals surface area contributed by atoms with Crippen molar-refractivity contribution in [3.05, 3.63) is 36.0 Å². The zero-order chi connectivity index (χ0) is 17.4. The van der Waals surface area contributed by atoms with Gasteiger partial charge < -0.3 is 20.5 Å². The Labute approximate surface area is 142 Å². The molecule has 130 valence electrons. The Morgan fingerprint density at radius 1 is 1.04 bits per heavy atom. The first-order valence-corrected chi connectivity index (χ1v) is 8.49. The highest BCUT2D eigenvalue weighted by Crippen LogP contribution is 2.17. The number of likely N-dealkylation sites (N-methyl/N-ethyl adjacent to an activating group) is 1. The van der Waals surface area contributed by atoms with Crippen molar-refractivity contribution in [3.63, 3.8) is 0 Å². The fourth-order valence-electron chi connectivity index (χ4n) is 2.68. The van der Waals surface area contributed by atoms with E-state index in [1.165, 1.54) is 0 Å². The molecule has 2 amide bonds. The second kappa shape index (κ2) is 9.08. The van der Waals surface area contributed by atoms with Crippen LogP contribution < -0.4 is 10.6 Å². The molecule has 0 saturated heterocycles. The number of fused-ring (bicyclic) bond motifs is 1. The van der Waals surface area contributed by atoms with Crippen LogP contribution in [0.2, 0.25) is 0 Å². The molecule has 0 fully saturated rings. The van der Waals surface area contributed by atoms with Crippen LogP contribution in [-0.4, -0.2) is 54.4 Å². The first-order valence-electron chi connectivity index (χ1n) is 8.49. The third kappa shape index (κ3) is 4.83. The molecule has 0 aliphatic rings. The van der Waals surface area contributed by atoms with Gasteiger partial charge in [0.15, 0.2) is 0 Å². The second-order valence-corrected chi connectivity index (χ2v) is 5.65. The zero-order valence-electron chi connectivity index (χ0n) is 14.4. The number of aromatic nitrogens is 1. The van der Waals surface area contributed by atoms with Crippen LogP contribution in [0.25, 0.3) is 10.9 Å². The summed E-state index contributed by atoms with van der Waals surface area (Å²) in [5.41, 5.74) is 2.21. The molecule has 1 aromatic heterocycles. The highest BCUT2D eigenvalue weighted by atomic mass is 16.2. The maximum absolute atomic E-state index is 11.8. The van der Waals surface area contributed by atoms with Gasteiger partial charge in [-0.15, -0.1) is 0 Å². The number of carbonyl (C=O) groups excluding carboxylic acids is 2. The van der Waals surface area contributed by atoms with Crippen molar-refractivity contribution in [3.8, 4) is 0 Å². The van der Waals surface area contributed by atoms with Crippen LogP contribution in [0.15, 0.2) is 30.5 Å². The molecule has 0 atom stereocenters. The maximum atomic E-state index is 11.8. The fraction of sp³-hybridized carbons (Fsp3) is 0.444. The Kier molecular flexibility index (Phi) is 6.81. The van der Waals surface area contributed by atoms with Gasteiger partial charge in [0.1, 0.15) is 0 Å². The molecule has 3 N–H and O–H groups in total. The van der Waals surface area contributed by atoms with Gasteiger partial charge in [0.05, 0.1) is 0 Å². The lowest BCUT2D eigenvalue weighted by Crippen LogP contribution is -2.43. The number of hydrogen-bond donors (Lipinski definition) is 3. The summed E-state index contributed by atoms with van der Waals surface area (Å²) < 4.78 is 0. The van der Waals surface area contributed by atoms with Gasteiger partial charge in [-0.1, -0.05) is 32.0 Å². The van der Waals surface area contributed by atoms with E-state index in [1.54, 1.807) is 0 Å². The minimum absolute atomic E-state index is 0.435. The van der Waals surface area contributed by atoms with E-state index >= 15 is 0 Å². The molecule has 0 aliphatic heterocycles. The van der Waals surface area contributed by atoms with E-state index in [9.17, 15) is 9.59 Å². The number of hydrogen-bond acceptors (Lipinski definition) is 3. The predicted molar refractivity (Wildman–Crippen MR) is 95.8 cm³/mol. The third-order valence-electron chi connectivity index (χ3n) is 4.17. The lowest BCUT2D eigenvalue weighted by atomic mass is 10.1. The van der Waals surface area contributed by atoms with Crippen LogP contribution in [0.1, 0.15) is 19.4 Å². The van der Waals surface area contributed by atoms with Crippen molar-refractivity contribution in [2.24, 2.45) is 0 Å². The van der Waals surface area contributed by atoms with Crippen LogP contribution in [0, 0.1) is 0 Å². The molecular formula is C18H26N4O2. The zero-order valence-corrected chi connectivity index (χ0v) is 14.4. The van der Waals surface area contributed by atoms with E-state index < -0.39 is 11.8 Å². The molecule has 6 nitrogen and oxygen atoms in total. The Bertz CT molecular complexity index is 676. The highest BCUT2D eigenvalue weighted by Gasteiger charge is 2.13. The van der Waals surface area contributed by atoms with Crippen molar-refractivity contribution < 1.29 is 9.59 Å². The van der Waals surface area contributed by atoms with E-state index in [0.29, 0.717) is 19.5 Å². The number of rotatable bonds is 8. The molecule has 6 heteroatoms. The molecule has 0 bridgehead atoms. The first-order chi connectivity index (χ1) is 11.7. The molecule has 0 spiro atoms. The van der Waals surface area contributed by atoms with E-state index in [2.05, 4.69) is 34.4 Å². The molecule has 24 heavy (non-hydrogen) atoms. The number of H-pyrrole nitrogens is 1. The fourth-order valence-corrected chi connectivity index (χ4v) is 2.68. The summed E-state index contributed by atoms with van der Waals surface area (Å²) in [5, 5.41) is 6.48. The number of nitrogens with zero attached hydrogens (tertiary/aromatic N) is 1. The predicted octanol–water partition coefficient (Wildman–Crippen LogP) is 1.28. The van der Waals surface area contributed by atoms with Crippen molar-refractivity contribution in [1.29, 1.82) is 0 Å². The molecule has 2 rings (SSSR count). The van der Waals surface area contributed by atoms with Gasteiger partial charge in [0.2, 0.25) is 0 Å². The highest BCUT2D eigenvalue weighted by molar-refractivity contribution is 6.35. The topological polar surface area (TPSA) is 77.2 Å². The number of para-hydroxylation sites is 1. The minimum Gasteiger partial charge on any atom is -0.361 e. The van der Waals surface area contributed by atoms with Crippen LogP contribution in [0.5, 0.6) is 0 Å².